The SMILES string of the molecule is CC(C)(C)[Si](C)(C)OCC(C(=O)OC1CC2CCC(C1)N2)c1ccccc1. The molecule has 3 atom stereocenters. The van der Waals surface area contributed by atoms with Crippen LogP contribution in [-0.2, 0) is 14.0 Å². The third-order valence-electron chi connectivity index (χ3n) is 6.62. The molecule has 2 saturated heterocycles. The zero-order valence-corrected chi connectivity index (χ0v) is 18.5. The molecule has 0 saturated carbocycles. The Labute approximate surface area is 165 Å². The van der Waals surface area contributed by atoms with Gasteiger partial charge in [0.15, 0.2) is 8.32 Å². The predicted octanol–water partition coefficient (Wildman–Crippen LogP) is 4.62. The summed E-state index contributed by atoms with van der Waals surface area (Å²) in [4.78, 5) is 13.1. The molecular formula is C22H35NO3Si. The number of nitrogens with one attached hydrogen (secondary N) is 1. The van der Waals surface area contributed by atoms with Gasteiger partial charge in [0, 0.05) is 12.1 Å². The van der Waals surface area contributed by atoms with Gasteiger partial charge in [-0.3, -0.25) is 4.79 Å². The molecule has 2 aliphatic rings. The van der Waals surface area contributed by atoms with Crippen molar-refractivity contribution in [3.05, 3.63) is 35.9 Å². The summed E-state index contributed by atoms with van der Waals surface area (Å²) >= 11 is 0. The Hall–Kier alpha value is -1.17. The highest BCUT2D eigenvalue weighted by atomic mass is 28.4. The van der Waals surface area contributed by atoms with Crippen LogP contribution >= 0.6 is 0 Å². The van der Waals surface area contributed by atoms with Crippen molar-refractivity contribution in [1.29, 1.82) is 0 Å². The standard InChI is InChI=1S/C22H35NO3Si/c1-22(2,3)27(4,5)25-15-20(16-9-7-6-8-10-16)21(24)26-19-13-17-11-12-18(14-19)23-17/h6-10,17-20,23H,11-15H2,1-5H3. The van der Waals surface area contributed by atoms with Gasteiger partial charge in [0.1, 0.15) is 12.0 Å². The van der Waals surface area contributed by atoms with E-state index in [0.717, 1.165) is 18.4 Å². The van der Waals surface area contributed by atoms with Crippen LogP contribution in [-0.4, -0.2) is 39.1 Å². The van der Waals surface area contributed by atoms with Gasteiger partial charge in [-0.05, 0) is 49.4 Å². The van der Waals surface area contributed by atoms with E-state index >= 15 is 0 Å². The zero-order valence-electron chi connectivity index (χ0n) is 17.5. The van der Waals surface area contributed by atoms with Gasteiger partial charge in [-0.1, -0.05) is 51.1 Å². The van der Waals surface area contributed by atoms with Crippen LogP contribution in [0.1, 0.15) is 57.9 Å². The van der Waals surface area contributed by atoms with Gasteiger partial charge in [-0.25, -0.2) is 0 Å². The molecule has 0 aliphatic carbocycles. The van der Waals surface area contributed by atoms with Crippen LogP contribution in [0.25, 0.3) is 0 Å². The van der Waals surface area contributed by atoms with E-state index in [0.29, 0.717) is 18.7 Å². The Morgan fingerprint density at radius 1 is 1.15 bits per heavy atom. The number of rotatable bonds is 6. The summed E-state index contributed by atoms with van der Waals surface area (Å²) < 4.78 is 12.4. The molecule has 0 radical (unpaired) electrons. The lowest BCUT2D eigenvalue weighted by Gasteiger charge is -2.37. The predicted molar refractivity (Wildman–Crippen MR) is 111 cm³/mol. The largest absolute Gasteiger partial charge is 0.462 e. The van der Waals surface area contributed by atoms with E-state index < -0.39 is 8.32 Å². The van der Waals surface area contributed by atoms with Crippen molar-refractivity contribution in [2.24, 2.45) is 0 Å². The number of esters is 1. The highest BCUT2D eigenvalue weighted by Gasteiger charge is 2.40. The second-order valence-corrected chi connectivity index (χ2v) is 14.5. The van der Waals surface area contributed by atoms with Crippen LogP contribution in [0.5, 0.6) is 0 Å². The molecule has 1 aromatic rings. The molecule has 2 heterocycles. The van der Waals surface area contributed by atoms with Gasteiger partial charge in [0.25, 0.3) is 0 Å². The topological polar surface area (TPSA) is 47.6 Å². The molecule has 150 valence electrons. The average molecular weight is 390 g/mol. The van der Waals surface area contributed by atoms with Crippen LogP contribution in [0, 0.1) is 0 Å². The number of hydrogen-bond donors (Lipinski definition) is 1. The third kappa shape index (κ3) is 5.01. The molecule has 1 N–H and O–H groups in total. The maximum Gasteiger partial charge on any atom is 0.316 e. The Balaban J connectivity index is 1.69. The van der Waals surface area contributed by atoms with E-state index in [2.05, 4.69) is 39.2 Å². The fourth-order valence-corrected chi connectivity index (χ4v) is 4.86. The van der Waals surface area contributed by atoms with E-state index in [1.807, 2.05) is 30.3 Å². The summed E-state index contributed by atoms with van der Waals surface area (Å²) in [5, 5.41) is 3.72. The smallest absolute Gasteiger partial charge is 0.316 e. The second-order valence-electron chi connectivity index (χ2n) is 9.70. The van der Waals surface area contributed by atoms with Gasteiger partial charge >= 0.3 is 5.97 Å². The summed E-state index contributed by atoms with van der Waals surface area (Å²) in [5.41, 5.74) is 0.984. The number of fused-ring (bicyclic) bond motifs is 2. The van der Waals surface area contributed by atoms with Crippen molar-refractivity contribution in [3.63, 3.8) is 0 Å². The average Bonchev–Trinajstić information content (AvgIpc) is 2.93. The Morgan fingerprint density at radius 3 is 2.30 bits per heavy atom. The molecule has 2 aliphatic heterocycles. The van der Waals surface area contributed by atoms with Gasteiger partial charge in [0.05, 0.1) is 6.61 Å². The molecule has 27 heavy (non-hydrogen) atoms. The van der Waals surface area contributed by atoms with Crippen molar-refractivity contribution in [2.75, 3.05) is 6.61 Å². The van der Waals surface area contributed by atoms with E-state index in [-0.39, 0.29) is 23.0 Å². The van der Waals surface area contributed by atoms with E-state index in [1.165, 1.54) is 12.8 Å². The first-order valence-corrected chi connectivity index (χ1v) is 13.2. The summed E-state index contributed by atoms with van der Waals surface area (Å²) in [5.74, 6) is -0.487. The molecule has 5 heteroatoms. The maximum atomic E-state index is 13.1. The van der Waals surface area contributed by atoms with Gasteiger partial charge in [-0.2, -0.15) is 0 Å². The van der Waals surface area contributed by atoms with Crippen LogP contribution in [0.2, 0.25) is 18.1 Å². The molecule has 1 aromatic carbocycles. The first-order chi connectivity index (χ1) is 12.7. The van der Waals surface area contributed by atoms with Crippen molar-refractivity contribution in [2.45, 2.75) is 88.7 Å². The molecule has 3 unspecified atom stereocenters. The zero-order chi connectivity index (χ0) is 19.7. The highest BCUT2D eigenvalue weighted by molar-refractivity contribution is 6.74. The van der Waals surface area contributed by atoms with Crippen molar-refractivity contribution in [3.8, 4) is 0 Å². The van der Waals surface area contributed by atoms with Gasteiger partial charge < -0.3 is 14.5 Å². The maximum absolute atomic E-state index is 13.1. The molecule has 2 fully saturated rings. The molecule has 3 rings (SSSR count). The fraction of sp³-hybridized carbons (Fsp3) is 0.682. The second kappa shape index (κ2) is 8.06. The van der Waals surface area contributed by atoms with Crippen molar-refractivity contribution >= 4 is 14.3 Å². The fourth-order valence-electron chi connectivity index (χ4n) is 3.84. The molecule has 0 spiro atoms. The van der Waals surface area contributed by atoms with Crippen LogP contribution in [0.15, 0.2) is 30.3 Å². The quantitative estimate of drug-likeness (QED) is 0.570. The lowest BCUT2D eigenvalue weighted by molar-refractivity contribution is -0.153. The molecular weight excluding hydrogens is 354 g/mol. The summed E-state index contributed by atoms with van der Waals surface area (Å²) in [6.45, 7) is 11.5. The lowest BCUT2D eigenvalue weighted by atomic mass is 9.99. The lowest BCUT2D eigenvalue weighted by Crippen LogP contribution is -2.44. The summed E-state index contributed by atoms with van der Waals surface area (Å²) in [6, 6.07) is 11.0. The first kappa shape index (κ1) is 20.6. The number of carbonyl (C=O) groups excluding carboxylic acids is 1. The monoisotopic (exact) mass is 389 g/mol. The van der Waals surface area contributed by atoms with Crippen molar-refractivity contribution in [1.82, 2.24) is 5.32 Å². The number of benzene rings is 1. The number of piperidine rings is 1. The molecule has 2 bridgehead atoms. The number of carbonyl (C=O) groups is 1. The minimum absolute atomic E-state index is 0.0373. The minimum atomic E-state index is -1.93. The number of hydrogen-bond acceptors (Lipinski definition) is 4. The third-order valence-corrected chi connectivity index (χ3v) is 11.1. The van der Waals surface area contributed by atoms with Gasteiger partial charge in [0.2, 0.25) is 0 Å². The van der Waals surface area contributed by atoms with E-state index in [9.17, 15) is 4.79 Å². The summed E-state index contributed by atoms with van der Waals surface area (Å²) in [6.07, 6.45) is 4.32. The molecule has 4 nitrogen and oxygen atoms in total. The highest BCUT2D eigenvalue weighted by Crippen LogP contribution is 2.37. The van der Waals surface area contributed by atoms with Gasteiger partial charge in [-0.15, -0.1) is 0 Å². The molecule has 0 aromatic heterocycles. The van der Waals surface area contributed by atoms with Crippen molar-refractivity contribution < 1.29 is 14.0 Å². The van der Waals surface area contributed by atoms with Crippen LogP contribution in [0.4, 0.5) is 0 Å². The van der Waals surface area contributed by atoms with E-state index in [4.69, 9.17) is 9.16 Å². The minimum Gasteiger partial charge on any atom is -0.462 e. The van der Waals surface area contributed by atoms with Crippen LogP contribution < -0.4 is 5.32 Å². The van der Waals surface area contributed by atoms with Crippen LogP contribution in [0.3, 0.4) is 0 Å². The van der Waals surface area contributed by atoms with E-state index in [1.54, 1.807) is 0 Å². The molecule has 0 amide bonds. The first-order valence-electron chi connectivity index (χ1n) is 10.3. The normalized spacial score (nSPS) is 26.6. The Morgan fingerprint density at radius 2 is 1.74 bits per heavy atom. The Bertz CT molecular complexity index is 629. The number of ether oxygens (including phenoxy) is 1. The summed E-state index contributed by atoms with van der Waals surface area (Å²) in [7, 11) is -1.93. The Kier molecular flexibility index (Phi) is 6.13.